The molecule has 7 heteroatoms. The number of aromatic nitrogens is 1. The second-order valence-electron chi connectivity index (χ2n) is 4.02. The number of nitrogens with zero attached hydrogens (tertiary/aromatic N) is 2. The van der Waals surface area contributed by atoms with Crippen molar-refractivity contribution in [1.29, 1.82) is 0 Å². The van der Waals surface area contributed by atoms with Crippen molar-refractivity contribution < 1.29 is 9.72 Å². The lowest BCUT2D eigenvalue weighted by atomic mass is 10.1. The van der Waals surface area contributed by atoms with Crippen molar-refractivity contribution in [2.24, 2.45) is 0 Å². The first-order valence-corrected chi connectivity index (χ1v) is 6.03. The predicted octanol–water partition coefficient (Wildman–Crippen LogP) is 3.20. The Labute approximate surface area is 119 Å². The summed E-state index contributed by atoms with van der Waals surface area (Å²) in [5.74, 6) is -0.444. The summed E-state index contributed by atoms with van der Waals surface area (Å²) in [5, 5.41) is 13.7. The first kappa shape index (κ1) is 14.0. The normalized spacial score (nSPS) is 10.1. The number of carbonyl (C=O) groups is 1. The molecule has 1 N–H and O–H groups in total. The minimum atomic E-state index is -0.496. The third-order valence-corrected chi connectivity index (χ3v) is 3.07. The Morgan fingerprint density at radius 3 is 2.80 bits per heavy atom. The summed E-state index contributed by atoms with van der Waals surface area (Å²) in [6.45, 7) is 1.57. The molecule has 0 saturated heterocycles. The lowest BCUT2D eigenvalue weighted by Gasteiger charge is -2.09. The maximum Gasteiger partial charge on any atom is 0.274 e. The van der Waals surface area contributed by atoms with Crippen molar-refractivity contribution >= 4 is 28.9 Å². The van der Waals surface area contributed by atoms with Crippen molar-refractivity contribution in [2.45, 2.75) is 6.92 Å². The van der Waals surface area contributed by atoms with Gasteiger partial charge in [0.1, 0.15) is 0 Å². The molecule has 102 valence electrons. The minimum Gasteiger partial charge on any atom is -0.321 e. The number of benzene rings is 1. The predicted molar refractivity (Wildman–Crippen MR) is 75.0 cm³/mol. The minimum absolute atomic E-state index is 0.0522. The molecule has 1 amide bonds. The average Bonchev–Trinajstić information content (AvgIpc) is 2.41. The van der Waals surface area contributed by atoms with Crippen LogP contribution < -0.4 is 5.32 Å². The molecule has 0 spiro atoms. The highest BCUT2D eigenvalue weighted by atomic mass is 35.5. The van der Waals surface area contributed by atoms with Crippen LogP contribution in [0.25, 0.3) is 0 Å². The Hall–Kier alpha value is -2.47. The van der Waals surface area contributed by atoms with Crippen LogP contribution in [0.5, 0.6) is 0 Å². The Morgan fingerprint density at radius 2 is 2.15 bits per heavy atom. The van der Waals surface area contributed by atoms with E-state index >= 15 is 0 Å². The van der Waals surface area contributed by atoms with Gasteiger partial charge in [0.25, 0.3) is 11.6 Å². The summed E-state index contributed by atoms with van der Waals surface area (Å²) in [7, 11) is 0. The van der Waals surface area contributed by atoms with Crippen LogP contribution in [0.2, 0.25) is 5.02 Å². The molecule has 1 heterocycles. The summed E-state index contributed by atoms with van der Waals surface area (Å²) in [6.07, 6.45) is 2.80. The fraction of sp³-hybridized carbons (Fsp3) is 0.0769. The summed E-state index contributed by atoms with van der Waals surface area (Å²) >= 11 is 5.88. The van der Waals surface area contributed by atoms with Crippen molar-refractivity contribution in [3.8, 4) is 0 Å². The average molecular weight is 292 g/mol. The maximum atomic E-state index is 12.1. The molecular weight excluding hydrogens is 282 g/mol. The van der Waals surface area contributed by atoms with Gasteiger partial charge in [0.2, 0.25) is 0 Å². The number of hydrogen-bond acceptors (Lipinski definition) is 4. The summed E-state index contributed by atoms with van der Waals surface area (Å²) in [4.78, 5) is 26.2. The molecule has 0 unspecified atom stereocenters. The lowest BCUT2D eigenvalue weighted by molar-refractivity contribution is -0.385. The summed E-state index contributed by atoms with van der Waals surface area (Å²) in [5.41, 5.74) is 0.962. The van der Waals surface area contributed by atoms with E-state index in [1.165, 1.54) is 30.6 Å². The quantitative estimate of drug-likeness (QED) is 0.695. The van der Waals surface area contributed by atoms with Crippen LogP contribution in [0.1, 0.15) is 15.9 Å². The number of anilines is 1. The number of rotatable bonds is 3. The molecule has 20 heavy (non-hydrogen) atoms. The Morgan fingerprint density at radius 1 is 1.40 bits per heavy atom. The van der Waals surface area contributed by atoms with Crippen LogP contribution in [-0.2, 0) is 0 Å². The van der Waals surface area contributed by atoms with Gasteiger partial charge in [-0.15, -0.1) is 0 Å². The number of halogens is 1. The molecule has 0 aliphatic carbocycles. The van der Waals surface area contributed by atoms with Gasteiger partial charge in [0.05, 0.1) is 26.8 Å². The largest absolute Gasteiger partial charge is 0.321 e. The van der Waals surface area contributed by atoms with Crippen LogP contribution in [0.15, 0.2) is 36.7 Å². The van der Waals surface area contributed by atoms with Gasteiger partial charge in [0.15, 0.2) is 0 Å². The van der Waals surface area contributed by atoms with Crippen LogP contribution in [0.3, 0.4) is 0 Å². The molecule has 0 atom stereocenters. The highest BCUT2D eigenvalue weighted by Gasteiger charge is 2.16. The molecule has 1 aromatic heterocycles. The van der Waals surface area contributed by atoms with Gasteiger partial charge >= 0.3 is 0 Å². The Balaban J connectivity index is 2.32. The first-order valence-electron chi connectivity index (χ1n) is 5.65. The Kier molecular flexibility index (Phi) is 3.95. The van der Waals surface area contributed by atoms with Crippen LogP contribution >= 0.6 is 11.6 Å². The number of carbonyl (C=O) groups excluding carboxylic acids is 1. The fourth-order valence-corrected chi connectivity index (χ4v) is 1.91. The highest BCUT2D eigenvalue weighted by molar-refractivity contribution is 6.34. The number of amides is 1. The first-order chi connectivity index (χ1) is 9.50. The van der Waals surface area contributed by atoms with Gasteiger partial charge in [-0.05, 0) is 19.1 Å². The summed E-state index contributed by atoms with van der Waals surface area (Å²) in [6, 6.07) is 5.96. The van der Waals surface area contributed by atoms with E-state index in [2.05, 4.69) is 10.3 Å². The van der Waals surface area contributed by atoms with E-state index in [0.717, 1.165) is 0 Å². The molecule has 0 saturated carbocycles. The zero-order chi connectivity index (χ0) is 14.7. The van der Waals surface area contributed by atoms with E-state index in [1.807, 2.05) is 0 Å². The van der Waals surface area contributed by atoms with E-state index in [9.17, 15) is 14.9 Å². The summed E-state index contributed by atoms with van der Waals surface area (Å²) < 4.78 is 0. The SMILES string of the molecule is Cc1c(NC(=O)c2ccncc2Cl)cccc1[N+](=O)[O-]. The molecule has 2 aromatic rings. The highest BCUT2D eigenvalue weighted by Crippen LogP contribution is 2.26. The second kappa shape index (κ2) is 5.66. The van der Waals surface area contributed by atoms with Gasteiger partial charge in [-0.2, -0.15) is 0 Å². The van der Waals surface area contributed by atoms with Crippen LogP contribution in [-0.4, -0.2) is 15.8 Å². The topological polar surface area (TPSA) is 85.1 Å². The molecule has 0 aliphatic heterocycles. The van der Waals surface area contributed by atoms with Crippen molar-refractivity contribution in [3.05, 3.63) is 62.9 Å². The molecule has 6 nitrogen and oxygen atoms in total. The zero-order valence-corrected chi connectivity index (χ0v) is 11.2. The third kappa shape index (κ3) is 2.75. The maximum absolute atomic E-state index is 12.1. The zero-order valence-electron chi connectivity index (χ0n) is 10.5. The molecule has 1 aromatic carbocycles. The molecule has 2 rings (SSSR count). The number of nitro benzene ring substituents is 1. The van der Waals surface area contributed by atoms with Gasteiger partial charge in [-0.3, -0.25) is 19.9 Å². The van der Waals surface area contributed by atoms with E-state index < -0.39 is 10.8 Å². The fourth-order valence-electron chi connectivity index (χ4n) is 1.71. The lowest BCUT2D eigenvalue weighted by Crippen LogP contribution is -2.13. The van der Waals surface area contributed by atoms with Gasteiger partial charge in [-0.1, -0.05) is 17.7 Å². The second-order valence-corrected chi connectivity index (χ2v) is 4.42. The van der Waals surface area contributed by atoms with E-state index in [0.29, 0.717) is 11.3 Å². The molecule has 0 fully saturated rings. The van der Waals surface area contributed by atoms with Crippen molar-refractivity contribution in [1.82, 2.24) is 4.98 Å². The van der Waals surface area contributed by atoms with Gasteiger partial charge in [-0.25, -0.2) is 0 Å². The number of nitrogens with one attached hydrogen (secondary N) is 1. The van der Waals surface area contributed by atoms with E-state index in [1.54, 1.807) is 13.0 Å². The van der Waals surface area contributed by atoms with Crippen molar-refractivity contribution in [2.75, 3.05) is 5.32 Å². The van der Waals surface area contributed by atoms with Crippen LogP contribution in [0, 0.1) is 17.0 Å². The molecular formula is C13H10ClN3O3. The third-order valence-electron chi connectivity index (χ3n) is 2.77. The van der Waals surface area contributed by atoms with Crippen molar-refractivity contribution in [3.63, 3.8) is 0 Å². The van der Waals surface area contributed by atoms with Crippen LogP contribution in [0.4, 0.5) is 11.4 Å². The standard InChI is InChI=1S/C13H10ClN3O3/c1-8-11(3-2-4-12(8)17(19)20)16-13(18)9-5-6-15-7-10(9)14/h2-7H,1H3,(H,16,18). The van der Waals surface area contributed by atoms with Gasteiger partial charge in [0, 0.05) is 18.5 Å². The number of pyridine rings is 1. The van der Waals surface area contributed by atoms with E-state index in [-0.39, 0.29) is 16.3 Å². The Bertz CT molecular complexity index is 688. The van der Waals surface area contributed by atoms with Gasteiger partial charge < -0.3 is 5.32 Å². The monoisotopic (exact) mass is 291 g/mol. The smallest absolute Gasteiger partial charge is 0.274 e. The number of nitro groups is 1. The molecule has 0 radical (unpaired) electrons. The van der Waals surface area contributed by atoms with E-state index in [4.69, 9.17) is 11.6 Å². The molecule has 0 aliphatic rings. The molecule has 0 bridgehead atoms. The number of hydrogen-bond donors (Lipinski definition) is 1.